The van der Waals surface area contributed by atoms with Gasteiger partial charge in [-0.3, -0.25) is 0 Å². The molecule has 0 N–H and O–H groups in total. The summed E-state index contributed by atoms with van der Waals surface area (Å²) < 4.78 is 55.6. The zero-order valence-electron chi connectivity index (χ0n) is 13.6. The summed E-state index contributed by atoms with van der Waals surface area (Å²) in [4.78, 5) is 1.51. The summed E-state index contributed by atoms with van der Waals surface area (Å²) >= 11 is 1.25. The maximum atomic E-state index is 14.1. The van der Waals surface area contributed by atoms with E-state index in [4.69, 9.17) is 0 Å². The predicted octanol–water partition coefficient (Wildman–Crippen LogP) is 6.98. The highest BCUT2D eigenvalue weighted by atomic mass is 32.1. The van der Waals surface area contributed by atoms with Gasteiger partial charge in [-0.2, -0.15) is 13.2 Å². The van der Waals surface area contributed by atoms with Gasteiger partial charge in [-0.05, 0) is 24.3 Å². The summed E-state index contributed by atoms with van der Waals surface area (Å²) in [6.45, 7) is 0. The monoisotopic (exact) mass is 375 g/mol. The minimum Gasteiger partial charge on any atom is -0.343 e. The molecule has 0 aliphatic carbocycles. The average molecular weight is 375 g/mol. The van der Waals surface area contributed by atoms with Gasteiger partial charge in [0.25, 0.3) is 0 Å². The summed E-state index contributed by atoms with van der Waals surface area (Å²) in [6.07, 6.45) is -4.45. The van der Waals surface area contributed by atoms with Gasteiger partial charge < -0.3 is 4.90 Å². The van der Waals surface area contributed by atoms with Crippen LogP contribution >= 0.6 is 11.3 Å². The fourth-order valence-corrected chi connectivity index (χ4v) is 4.43. The molecule has 4 rings (SSSR count). The number of para-hydroxylation sites is 1. The van der Waals surface area contributed by atoms with Crippen LogP contribution in [0.5, 0.6) is 0 Å². The predicted molar refractivity (Wildman–Crippen MR) is 98.8 cm³/mol. The zero-order valence-corrected chi connectivity index (χ0v) is 14.5. The molecule has 0 atom stereocenters. The van der Waals surface area contributed by atoms with Gasteiger partial charge >= 0.3 is 6.18 Å². The Balaban J connectivity index is 1.96. The Hall–Kier alpha value is -2.60. The van der Waals surface area contributed by atoms with Crippen LogP contribution in [0.15, 0.2) is 60.7 Å². The van der Waals surface area contributed by atoms with Crippen LogP contribution in [0.4, 0.5) is 28.9 Å². The van der Waals surface area contributed by atoms with Crippen molar-refractivity contribution >= 4 is 42.9 Å². The lowest BCUT2D eigenvalue weighted by Gasteiger charge is -2.24. The fourth-order valence-electron chi connectivity index (χ4n) is 3.17. The van der Waals surface area contributed by atoms with Crippen molar-refractivity contribution in [2.75, 3.05) is 11.9 Å². The van der Waals surface area contributed by atoms with Crippen molar-refractivity contribution in [1.29, 1.82) is 0 Å². The number of rotatable bonds is 2. The van der Waals surface area contributed by atoms with E-state index in [1.807, 2.05) is 12.1 Å². The molecule has 0 fully saturated rings. The molecule has 0 bridgehead atoms. The highest BCUT2D eigenvalue weighted by molar-refractivity contribution is 7.26. The highest BCUT2D eigenvalue weighted by Crippen LogP contribution is 2.44. The molecule has 6 heteroatoms. The van der Waals surface area contributed by atoms with Crippen molar-refractivity contribution in [1.82, 2.24) is 0 Å². The third kappa shape index (κ3) is 2.61. The van der Waals surface area contributed by atoms with Crippen LogP contribution in [0, 0.1) is 5.82 Å². The Morgan fingerprint density at radius 3 is 2.12 bits per heavy atom. The Kier molecular flexibility index (Phi) is 3.88. The number of thiophene rings is 1. The number of hydrogen-bond acceptors (Lipinski definition) is 2. The number of fused-ring (bicyclic) bond motifs is 3. The van der Waals surface area contributed by atoms with E-state index in [1.165, 1.54) is 34.4 Å². The van der Waals surface area contributed by atoms with Gasteiger partial charge in [-0.25, -0.2) is 4.39 Å². The van der Waals surface area contributed by atoms with E-state index in [-0.39, 0.29) is 11.5 Å². The molecule has 0 spiro atoms. The standard InChI is InChI=1S/C20H13F4NS/c1-25(16-10-3-2-8-14(16)20(22,23)24)17-11-5-7-13-12-6-4-9-15(21)18(12)26-19(13)17/h2-11H,1H3. The third-order valence-electron chi connectivity index (χ3n) is 4.39. The van der Waals surface area contributed by atoms with Crippen LogP contribution in [0.2, 0.25) is 0 Å². The SMILES string of the molecule is CN(c1ccccc1C(F)(F)F)c1cccc2c1sc1c(F)cccc12. The van der Waals surface area contributed by atoms with Crippen molar-refractivity contribution in [3.05, 3.63) is 72.0 Å². The van der Waals surface area contributed by atoms with Crippen LogP contribution in [0.25, 0.3) is 20.2 Å². The van der Waals surface area contributed by atoms with Gasteiger partial charge in [0.15, 0.2) is 0 Å². The second-order valence-electron chi connectivity index (χ2n) is 5.95. The van der Waals surface area contributed by atoms with Gasteiger partial charge in [0, 0.05) is 17.8 Å². The summed E-state index contributed by atoms with van der Waals surface area (Å²) in [5.74, 6) is -0.326. The van der Waals surface area contributed by atoms with Crippen LogP contribution in [-0.4, -0.2) is 7.05 Å². The maximum Gasteiger partial charge on any atom is 0.418 e. The third-order valence-corrected chi connectivity index (χ3v) is 5.64. The molecule has 3 aromatic carbocycles. The number of anilines is 2. The van der Waals surface area contributed by atoms with Crippen LogP contribution < -0.4 is 4.90 Å². The van der Waals surface area contributed by atoms with Crippen molar-refractivity contribution in [2.45, 2.75) is 6.18 Å². The lowest BCUT2D eigenvalue weighted by atomic mass is 10.1. The molecule has 1 aromatic heterocycles. The number of benzene rings is 3. The molecular weight excluding hydrogens is 362 g/mol. The minimum absolute atomic E-state index is 0.0606. The molecule has 1 heterocycles. The summed E-state index contributed by atoms with van der Waals surface area (Å²) in [5, 5.41) is 1.60. The molecule has 0 amide bonds. The number of alkyl halides is 3. The number of halogens is 4. The van der Waals surface area contributed by atoms with Crippen LogP contribution in [-0.2, 0) is 6.18 Å². The van der Waals surface area contributed by atoms with E-state index in [9.17, 15) is 17.6 Å². The zero-order chi connectivity index (χ0) is 18.5. The minimum atomic E-state index is -4.45. The molecule has 0 aliphatic heterocycles. The first-order valence-electron chi connectivity index (χ1n) is 7.87. The van der Waals surface area contributed by atoms with Gasteiger partial charge in [-0.1, -0.05) is 36.4 Å². The van der Waals surface area contributed by atoms with E-state index in [2.05, 4.69) is 0 Å². The summed E-state index contributed by atoms with van der Waals surface area (Å²) in [6, 6.07) is 15.7. The quantitative estimate of drug-likeness (QED) is 0.342. The molecule has 4 aromatic rings. The van der Waals surface area contributed by atoms with E-state index in [0.29, 0.717) is 10.4 Å². The van der Waals surface area contributed by atoms with Crippen molar-refractivity contribution in [3.63, 3.8) is 0 Å². The first-order valence-corrected chi connectivity index (χ1v) is 8.69. The first-order chi connectivity index (χ1) is 12.4. The number of nitrogens with zero attached hydrogens (tertiary/aromatic N) is 1. The Morgan fingerprint density at radius 1 is 0.769 bits per heavy atom. The van der Waals surface area contributed by atoms with Crippen LogP contribution in [0.3, 0.4) is 0 Å². The molecule has 132 valence electrons. The normalized spacial score (nSPS) is 12.0. The average Bonchev–Trinajstić information content (AvgIpc) is 3.01. The molecule has 1 nitrogen and oxygen atoms in total. The van der Waals surface area contributed by atoms with Gasteiger partial charge in [0.05, 0.1) is 26.3 Å². The first kappa shape index (κ1) is 16.8. The van der Waals surface area contributed by atoms with Crippen LogP contribution in [0.1, 0.15) is 5.56 Å². The fraction of sp³-hybridized carbons (Fsp3) is 0.100. The molecule has 26 heavy (non-hydrogen) atoms. The van der Waals surface area contributed by atoms with Crippen molar-refractivity contribution < 1.29 is 17.6 Å². The highest BCUT2D eigenvalue weighted by Gasteiger charge is 2.34. The lowest BCUT2D eigenvalue weighted by Crippen LogP contribution is -2.16. The Bertz CT molecular complexity index is 1110. The smallest absolute Gasteiger partial charge is 0.343 e. The van der Waals surface area contributed by atoms with Gasteiger partial charge in [-0.15, -0.1) is 11.3 Å². The molecule has 0 unspecified atom stereocenters. The Morgan fingerprint density at radius 2 is 1.38 bits per heavy atom. The second-order valence-corrected chi connectivity index (χ2v) is 6.97. The van der Waals surface area contributed by atoms with Gasteiger partial charge in [0.2, 0.25) is 0 Å². The molecule has 0 aliphatic rings. The van der Waals surface area contributed by atoms with E-state index in [1.54, 1.807) is 31.3 Å². The van der Waals surface area contributed by atoms with E-state index in [0.717, 1.165) is 21.5 Å². The summed E-state index contributed by atoms with van der Waals surface area (Å²) in [7, 11) is 1.60. The largest absolute Gasteiger partial charge is 0.418 e. The summed E-state index contributed by atoms with van der Waals surface area (Å²) in [5.41, 5.74) is -0.0305. The topological polar surface area (TPSA) is 3.24 Å². The Labute approximate surface area is 151 Å². The van der Waals surface area contributed by atoms with Gasteiger partial charge in [0.1, 0.15) is 5.82 Å². The van der Waals surface area contributed by atoms with E-state index >= 15 is 0 Å². The lowest BCUT2D eigenvalue weighted by molar-refractivity contribution is -0.137. The second kappa shape index (κ2) is 5.99. The van der Waals surface area contributed by atoms with E-state index < -0.39 is 11.7 Å². The molecule has 0 saturated heterocycles. The van der Waals surface area contributed by atoms with Crippen molar-refractivity contribution in [2.24, 2.45) is 0 Å². The maximum absolute atomic E-state index is 14.1. The molecule has 0 saturated carbocycles. The number of hydrogen-bond donors (Lipinski definition) is 0. The molecule has 0 radical (unpaired) electrons. The van der Waals surface area contributed by atoms with Crippen molar-refractivity contribution in [3.8, 4) is 0 Å². The molecular formula is C20H13F4NS.